The van der Waals surface area contributed by atoms with E-state index in [2.05, 4.69) is 93.7 Å². The summed E-state index contributed by atoms with van der Waals surface area (Å²) < 4.78 is 17.0. The minimum absolute atomic E-state index is 0.0758. The summed E-state index contributed by atoms with van der Waals surface area (Å²) in [4.78, 5) is 38.5. The molecule has 1 atom stereocenters. The minimum Gasteiger partial charge on any atom is -0.462 e. The Morgan fingerprint density at radius 3 is 0.744 bits per heavy atom. The van der Waals surface area contributed by atoms with Crippen LogP contribution in [0.1, 0.15) is 374 Å². The molecule has 6 heteroatoms. The number of carbonyl (C=O) groups is 3. The van der Waals surface area contributed by atoms with Crippen molar-refractivity contribution >= 4 is 17.9 Å². The van der Waals surface area contributed by atoms with Crippen LogP contribution in [0.25, 0.3) is 0 Å². The Kier molecular flexibility index (Phi) is 67.6. The Bertz CT molecular complexity index is 1500. The third kappa shape index (κ3) is 67.6. The second kappa shape index (κ2) is 70.3. The average Bonchev–Trinajstić information content (AvgIpc) is 3.47. The van der Waals surface area contributed by atoms with Gasteiger partial charge in [0.05, 0.1) is 0 Å². The van der Waals surface area contributed by atoms with Crippen LogP contribution in [0, 0.1) is 0 Å². The summed E-state index contributed by atoms with van der Waals surface area (Å²) in [5.74, 6) is -0.864. The first-order valence-corrected chi connectivity index (χ1v) is 35.9. The van der Waals surface area contributed by atoms with Gasteiger partial charge < -0.3 is 14.2 Å². The zero-order valence-electron chi connectivity index (χ0n) is 54.8. The molecule has 0 heterocycles. The number of unbranched alkanes of at least 4 members (excludes halogenated alkanes) is 43. The molecule has 476 valence electrons. The van der Waals surface area contributed by atoms with Gasteiger partial charge in [0.15, 0.2) is 6.10 Å². The largest absolute Gasteiger partial charge is 0.462 e. The molecule has 82 heavy (non-hydrogen) atoms. The van der Waals surface area contributed by atoms with Crippen molar-refractivity contribution in [3.8, 4) is 0 Å². The number of carbonyl (C=O) groups excluding carboxylic acids is 3. The van der Waals surface area contributed by atoms with Gasteiger partial charge in [-0.3, -0.25) is 14.4 Å². The van der Waals surface area contributed by atoms with E-state index in [4.69, 9.17) is 14.2 Å². The number of allylic oxidation sites excluding steroid dienone is 12. The van der Waals surface area contributed by atoms with Crippen LogP contribution in [-0.4, -0.2) is 37.2 Å². The van der Waals surface area contributed by atoms with Gasteiger partial charge in [0, 0.05) is 19.3 Å². The van der Waals surface area contributed by atoms with E-state index in [9.17, 15) is 14.4 Å². The third-order valence-electron chi connectivity index (χ3n) is 15.9. The lowest BCUT2D eigenvalue weighted by atomic mass is 10.0. The van der Waals surface area contributed by atoms with Crippen LogP contribution in [0.3, 0.4) is 0 Å². The third-order valence-corrected chi connectivity index (χ3v) is 15.9. The Labute approximate surface area is 510 Å². The number of hydrogen-bond donors (Lipinski definition) is 0. The van der Waals surface area contributed by atoms with Crippen LogP contribution in [0.4, 0.5) is 0 Å². The van der Waals surface area contributed by atoms with Gasteiger partial charge in [-0.1, -0.05) is 338 Å². The molecule has 0 aromatic carbocycles. The summed E-state index contributed by atoms with van der Waals surface area (Å²) in [6.07, 6.45) is 92.1. The van der Waals surface area contributed by atoms with Gasteiger partial charge in [-0.15, -0.1) is 0 Å². The molecule has 0 rings (SSSR count). The Morgan fingerprint density at radius 2 is 0.476 bits per heavy atom. The van der Waals surface area contributed by atoms with Crippen molar-refractivity contribution in [2.45, 2.75) is 380 Å². The summed E-state index contributed by atoms with van der Waals surface area (Å²) in [6, 6.07) is 0. The van der Waals surface area contributed by atoms with Crippen LogP contribution in [-0.2, 0) is 28.6 Å². The van der Waals surface area contributed by atoms with Crippen molar-refractivity contribution in [2.24, 2.45) is 0 Å². The standard InChI is InChI=1S/C76H136O6/c1-4-7-10-13-16-19-22-25-28-31-33-35-36-37-38-39-40-41-43-45-48-51-54-57-60-63-66-69-75(78)81-72-73(71-80-74(77)68-65-62-59-56-53-50-47-44-30-27-24-21-18-15-12-9-6-3)82-76(79)70-67-64-61-58-55-52-49-46-42-34-32-29-26-23-20-17-14-11-8-5-2/h9,12,18,21-22,25,27,30-31,33,36-37,73H,4-8,10-11,13-17,19-20,23-24,26,28-29,32,34-35,38-72H2,1-3H3/b12-9-,21-18-,25-22-,30-27-,33-31-,37-36-. The topological polar surface area (TPSA) is 78.9 Å². The maximum absolute atomic E-state index is 13.0. The molecular weight excluding hydrogens is 1010 g/mol. The molecule has 0 aliphatic heterocycles. The van der Waals surface area contributed by atoms with Crippen molar-refractivity contribution < 1.29 is 28.6 Å². The summed E-state index contributed by atoms with van der Waals surface area (Å²) in [7, 11) is 0. The molecule has 0 spiro atoms. The van der Waals surface area contributed by atoms with Crippen molar-refractivity contribution in [3.05, 3.63) is 72.9 Å². The van der Waals surface area contributed by atoms with Gasteiger partial charge in [-0.05, 0) is 89.9 Å². The lowest BCUT2D eigenvalue weighted by Crippen LogP contribution is -2.30. The van der Waals surface area contributed by atoms with E-state index in [1.54, 1.807) is 0 Å². The zero-order valence-corrected chi connectivity index (χ0v) is 54.8. The molecule has 0 saturated carbocycles. The lowest BCUT2D eigenvalue weighted by Gasteiger charge is -2.18. The molecule has 0 N–H and O–H groups in total. The molecule has 0 aromatic heterocycles. The molecule has 0 aromatic rings. The average molecular weight is 1150 g/mol. The first kappa shape index (κ1) is 78.8. The van der Waals surface area contributed by atoms with E-state index in [0.717, 1.165) is 96.3 Å². The van der Waals surface area contributed by atoms with Crippen LogP contribution < -0.4 is 0 Å². The molecule has 0 aliphatic carbocycles. The minimum atomic E-state index is -0.781. The van der Waals surface area contributed by atoms with E-state index in [0.29, 0.717) is 19.3 Å². The zero-order chi connectivity index (χ0) is 59.2. The van der Waals surface area contributed by atoms with Crippen LogP contribution in [0.5, 0.6) is 0 Å². The highest BCUT2D eigenvalue weighted by Gasteiger charge is 2.19. The van der Waals surface area contributed by atoms with E-state index in [1.165, 1.54) is 238 Å². The monoisotopic (exact) mass is 1150 g/mol. The van der Waals surface area contributed by atoms with E-state index in [1.807, 2.05) is 0 Å². The van der Waals surface area contributed by atoms with Gasteiger partial charge in [-0.25, -0.2) is 0 Å². The lowest BCUT2D eigenvalue weighted by molar-refractivity contribution is -0.167. The summed E-state index contributed by atoms with van der Waals surface area (Å²) >= 11 is 0. The predicted octanol–water partition coefficient (Wildman–Crippen LogP) is 24.8. The van der Waals surface area contributed by atoms with E-state index < -0.39 is 6.10 Å². The summed E-state index contributed by atoms with van der Waals surface area (Å²) in [5, 5.41) is 0. The molecule has 6 nitrogen and oxygen atoms in total. The fourth-order valence-corrected chi connectivity index (χ4v) is 10.6. The van der Waals surface area contributed by atoms with Crippen molar-refractivity contribution in [3.63, 3.8) is 0 Å². The van der Waals surface area contributed by atoms with Gasteiger partial charge >= 0.3 is 17.9 Å². The SMILES string of the molecule is CC/C=C\C/C=C\C/C=C\CCCCCCCCCC(=O)OCC(COC(=O)CCCCCCCCCCCCCC/C=C\C/C=C\C/C=C\CCCCCCC)OC(=O)CCCCCCCCCCCCCCCCCCCCCC. The maximum atomic E-state index is 13.0. The smallest absolute Gasteiger partial charge is 0.306 e. The molecule has 0 saturated heterocycles. The Morgan fingerprint density at radius 1 is 0.256 bits per heavy atom. The second-order valence-corrected chi connectivity index (χ2v) is 24.1. The molecule has 0 amide bonds. The molecule has 0 radical (unpaired) electrons. The van der Waals surface area contributed by atoms with Crippen molar-refractivity contribution in [1.82, 2.24) is 0 Å². The fraction of sp³-hybridized carbons (Fsp3) is 0.803. The van der Waals surface area contributed by atoms with Gasteiger partial charge in [0.1, 0.15) is 13.2 Å². The molecule has 0 bridgehead atoms. The summed E-state index contributed by atoms with van der Waals surface area (Å²) in [5.41, 5.74) is 0. The Balaban J connectivity index is 4.31. The molecular formula is C76H136O6. The maximum Gasteiger partial charge on any atom is 0.306 e. The molecule has 0 aliphatic rings. The highest BCUT2D eigenvalue weighted by molar-refractivity contribution is 5.71. The van der Waals surface area contributed by atoms with Gasteiger partial charge in [-0.2, -0.15) is 0 Å². The van der Waals surface area contributed by atoms with Crippen LogP contribution in [0.15, 0.2) is 72.9 Å². The number of hydrogen-bond acceptors (Lipinski definition) is 6. The second-order valence-electron chi connectivity index (χ2n) is 24.1. The van der Waals surface area contributed by atoms with Gasteiger partial charge in [0.25, 0.3) is 0 Å². The molecule has 0 fully saturated rings. The highest BCUT2D eigenvalue weighted by Crippen LogP contribution is 2.18. The van der Waals surface area contributed by atoms with E-state index >= 15 is 0 Å². The van der Waals surface area contributed by atoms with Crippen LogP contribution in [0.2, 0.25) is 0 Å². The summed E-state index contributed by atoms with van der Waals surface area (Å²) in [6.45, 7) is 6.57. The van der Waals surface area contributed by atoms with Crippen molar-refractivity contribution in [1.29, 1.82) is 0 Å². The fourth-order valence-electron chi connectivity index (χ4n) is 10.6. The number of ether oxygens (including phenoxy) is 3. The highest BCUT2D eigenvalue weighted by atomic mass is 16.6. The first-order chi connectivity index (χ1) is 40.5. The predicted molar refractivity (Wildman–Crippen MR) is 358 cm³/mol. The molecule has 1 unspecified atom stereocenters. The quantitative estimate of drug-likeness (QED) is 0.0261. The normalized spacial score (nSPS) is 12.5. The van der Waals surface area contributed by atoms with E-state index in [-0.39, 0.29) is 31.1 Å². The van der Waals surface area contributed by atoms with Crippen LogP contribution >= 0.6 is 0 Å². The van der Waals surface area contributed by atoms with Gasteiger partial charge in [0.2, 0.25) is 0 Å². The number of esters is 3. The first-order valence-electron chi connectivity index (χ1n) is 35.9. The number of rotatable bonds is 66. The van der Waals surface area contributed by atoms with Crippen molar-refractivity contribution in [2.75, 3.05) is 13.2 Å². The Hall–Kier alpha value is -3.15.